The summed E-state index contributed by atoms with van der Waals surface area (Å²) < 4.78 is 0. The summed E-state index contributed by atoms with van der Waals surface area (Å²) in [6.45, 7) is 2.20. The van der Waals surface area contributed by atoms with Gasteiger partial charge in [0.05, 0.1) is 11.4 Å². The summed E-state index contributed by atoms with van der Waals surface area (Å²) in [5.41, 5.74) is 20.3. The number of rotatable bonds is 8. The van der Waals surface area contributed by atoms with Crippen LogP contribution in [0.1, 0.15) is 24.0 Å². The quantitative estimate of drug-likeness (QED) is 0.151. The van der Waals surface area contributed by atoms with Crippen LogP contribution < -0.4 is 0 Å². The zero-order valence-corrected chi connectivity index (χ0v) is 33.1. The summed E-state index contributed by atoms with van der Waals surface area (Å²) in [5, 5.41) is 2.49. The highest BCUT2D eigenvalue weighted by atomic mass is 14.7. The molecule has 59 heavy (non-hydrogen) atoms. The molecular weight excluding hydrogens is 711 g/mol. The highest BCUT2D eigenvalue weighted by molar-refractivity contribution is 6.08. The lowest BCUT2D eigenvalue weighted by Crippen LogP contribution is -1.97. The van der Waals surface area contributed by atoms with Crippen LogP contribution in [0, 0.1) is 6.92 Å². The minimum Gasteiger partial charge on any atom is -0.247 e. The maximum Gasteiger partial charge on any atom is 0.0744 e. The molecule has 10 rings (SSSR count). The van der Waals surface area contributed by atoms with Gasteiger partial charge in [0.2, 0.25) is 0 Å². The highest BCUT2D eigenvalue weighted by Crippen LogP contribution is 2.44. The first-order valence-electron chi connectivity index (χ1n) is 20.6. The molecule has 8 aromatic carbocycles. The van der Waals surface area contributed by atoms with Crippen LogP contribution in [0.4, 0.5) is 0 Å². The zero-order valence-electron chi connectivity index (χ0n) is 33.1. The molecule has 0 aliphatic heterocycles. The fourth-order valence-corrected chi connectivity index (χ4v) is 8.80. The maximum atomic E-state index is 5.37. The molecule has 1 aliphatic rings. The monoisotopic (exact) mass is 753 g/mol. The van der Waals surface area contributed by atoms with E-state index in [1.807, 2.05) is 0 Å². The molecule has 0 fully saturated rings. The number of allylic oxidation sites excluding steroid dienone is 4. The van der Waals surface area contributed by atoms with Crippen molar-refractivity contribution in [2.45, 2.75) is 19.8 Å². The van der Waals surface area contributed by atoms with Crippen LogP contribution in [-0.4, -0.2) is 4.98 Å². The molecule has 1 nitrogen and oxygen atoms in total. The molecule has 1 aliphatic carbocycles. The predicted molar refractivity (Wildman–Crippen MR) is 251 cm³/mol. The largest absolute Gasteiger partial charge is 0.247 e. The molecule has 0 spiro atoms. The van der Waals surface area contributed by atoms with Gasteiger partial charge in [-0.1, -0.05) is 212 Å². The van der Waals surface area contributed by atoms with Gasteiger partial charge < -0.3 is 0 Å². The number of hydrogen-bond donors (Lipinski definition) is 0. The molecule has 0 radical (unpaired) electrons. The zero-order chi connectivity index (χ0) is 39.5. The van der Waals surface area contributed by atoms with Gasteiger partial charge in [-0.2, -0.15) is 0 Å². The molecule has 1 heterocycles. The average Bonchev–Trinajstić information content (AvgIpc) is 3.32. The Bertz CT molecular complexity index is 2990. The first kappa shape index (κ1) is 36.0. The van der Waals surface area contributed by atoms with Gasteiger partial charge in [0.25, 0.3) is 0 Å². The van der Waals surface area contributed by atoms with Gasteiger partial charge in [0.15, 0.2) is 0 Å². The van der Waals surface area contributed by atoms with E-state index in [1.165, 1.54) is 83.1 Å². The molecule has 1 heteroatoms. The standard InChI is InChI=1S/C58H43N/c1-40-55(44-21-10-4-11-22-44)39-56(46-33-29-42(30-34-46)41-17-6-2-7-18-41)59-58(40)48-35-31-45(32-36-48)49-37-38-53(52-26-15-14-25-51(49)52)54-28-16-27-50(43-19-8-3-9-20-43)57(54)47-23-12-5-13-24-47/h2-8,10-19,21-39H,9,20H2,1H3. The fourth-order valence-electron chi connectivity index (χ4n) is 8.80. The van der Waals surface area contributed by atoms with Crippen molar-refractivity contribution in [1.82, 2.24) is 4.98 Å². The molecule has 0 bridgehead atoms. The number of aromatic nitrogens is 1. The van der Waals surface area contributed by atoms with E-state index >= 15 is 0 Å². The first-order valence-corrected chi connectivity index (χ1v) is 20.6. The summed E-state index contributed by atoms with van der Waals surface area (Å²) in [6.07, 6.45) is 8.87. The number of hydrogen-bond acceptors (Lipinski definition) is 1. The van der Waals surface area contributed by atoms with Gasteiger partial charge in [-0.25, -0.2) is 4.98 Å². The predicted octanol–water partition coefficient (Wildman–Crippen LogP) is 15.9. The van der Waals surface area contributed by atoms with E-state index in [0.717, 1.165) is 35.4 Å². The summed E-state index contributed by atoms with van der Waals surface area (Å²) in [6, 6.07) is 72.5. The lowest BCUT2D eigenvalue weighted by Gasteiger charge is -2.20. The van der Waals surface area contributed by atoms with E-state index in [4.69, 9.17) is 4.98 Å². The Kier molecular flexibility index (Phi) is 9.70. The Morgan fingerprint density at radius 3 is 1.59 bits per heavy atom. The van der Waals surface area contributed by atoms with Crippen molar-refractivity contribution in [3.05, 3.63) is 230 Å². The molecule has 0 amide bonds. The van der Waals surface area contributed by atoms with Gasteiger partial charge >= 0.3 is 0 Å². The molecule has 0 saturated carbocycles. The van der Waals surface area contributed by atoms with Crippen molar-refractivity contribution in [3.63, 3.8) is 0 Å². The third-order valence-electron chi connectivity index (χ3n) is 11.8. The molecule has 0 atom stereocenters. The van der Waals surface area contributed by atoms with E-state index in [-0.39, 0.29) is 0 Å². The van der Waals surface area contributed by atoms with Crippen LogP contribution in [0.2, 0.25) is 0 Å². The Hall–Kier alpha value is -7.35. The second-order valence-electron chi connectivity index (χ2n) is 15.4. The van der Waals surface area contributed by atoms with Crippen molar-refractivity contribution in [2.75, 3.05) is 0 Å². The molecule has 0 unspecified atom stereocenters. The number of pyridine rings is 1. The van der Waals surface area contributed by atoms with Gasteiger partial charge in [-0.3, -0.25) is 0 Å². The molecule has 1 aromatic heterocycles. The van der Waals surface area contributed by atoms with Gasteiger partial charge in [-0.05, 0) is 109 Å². The normalized spacial score (nSPS) is 12.4. The van der Waals surface area contributed by atoms with E-state index < -0.39 is 0 Å². The lowest BCUT2D eigenvalue weighted by atomic mass is 9.83. The van der Waals surface area contributed by atoms with Crippen LogP contribution in [0.25, 0.3) is 94.5 Å². The second kappa shape index (κ2) is 15.9. The molecule has 280 valence electrons. The summed E-state index contributed by atoms with van der Waals surface area (Å²) in [5.74, 6) is 0. The number of fused-ring (bicyclic) bond motifs is 1. The molecular formula is C58H43N. The molecule has 9 aromatic rings. The average molecular weight is 754 g/mol. The van der Waals surface area contributed by atoms with E-state index in [9.17, 15) is 0 Å². The summed E-state index contributed by atoms with van der Waals surface area (Å²) >= 11 is 0. The minimum atomic E-state index is 0.963. The van der Waals surface area contributed by atoms with Crippen LogP contribution in [0.15, 0.2) is 218 Å². The third-order valence-corrected chi connectivity index (χ3v) is 11.8. The Labute approximate surface area is 347 Å². The van der Waals surface area contributed by atoms with Crippen molar-refractivity contribution >= 4 is 16.3 Å². The van der Waals surface area contributed by atoms with Crippen molar-refractivity contribution in [3.8, 4) is 78.1 Å². The van der Waals surface area contributed by atoms with Crippen LogP contribution >= 0.6 is 0 Å². The van der Waals surface area contributed by atoms with Crippen molar-refractivity contribution < 1.29 is 0 Å². The minimum absolute atomic E-state index is 0.963. The maximum absolute atomic E-state index is 5.37. The fraction of sp³-hybridized carbons (Fsp3) is 0.0517. The topological polar surface area (TPSA) is 12.9 Å². The van der Waals surface area contributed by atoms with E-state index in [2.05, 4.69) is 225 Å². The van der Waals surface area contributed by atoms with Crippen molar-refractivity contribution in [2.24, 2.45) is 0 Å². The van der Waals surface area contributed by atoms with Gasteiger partial charge in [-0.15, -0.1) is 0 Å². The van der Waals surface area contributed by atoms with E-state index in [0.29, 0.717) is 0 Å². The smallest absolute Gasteiger partial charge is 0.0744 e. The van der Waals surface area contributed by atoms with Gasteiger partial charge in [0.1, 0.15) is 0 Å². The van der Waals surface area contributed by atoms with Crippen molar-refractivity contribution in [1.29, 1.82) is 0 Å². The molecule has 0 N–H and O–H groups in total. The first-order chi connectivity index (χ1) is 29.2. The highest BCUT2D eigenvalue weighted by Gasteiger charge is 2.19. The Balaban J connectivity index is 1.06. The summed E-state index contributed by atoms with van der Waals surface area (Å²) in [7, 11) is 0. The number of nitrogens with zero attached hydrogens (tertiary/aromatic N) is 1. The van der Waals surface area contributed by atoms with Gasteiger partial charge in [0, 0.05) is 11.1 Å². The SMILES string of the molecule is Cc1c(-c2ccccc2)cc(-c2ccc(-c3ccccc3)cc2)nc1-c1ccc(-c2ccc(-c3cccc(C4=CC=CCC4)c3-c3ccccc3)c3ccccc23)cc1. The Morgan fingerprint density at radius 2 is 0.915 bits per heavy atom. The van der Waals surface area contributed by atoms with Crippen LogP contribution in [0.3, 0.4) is 0 Å². The number of benzene rings is 8. The van der Waals surface area contributed by atoms with Crippen LogP contribution in [0.5, 0.6) is 0 Å². The second-order valence-corrected chi connectivity index (χ2v) is 15.4. The molecule has 0 saturated heterocycles. The van der Waals surface area contributed by atoms with Crippen LogP contribution in [-0.2, 0) is 0 Å². The lowest BCUT2D eigenvalue weighted by molar-refractivity contribution is 1.05. The summed E-state index contributed by atoms with van der Waals surface area (Å²) in [4.78, 5) is 5.37. The third kappa shape index (κ3) is 7.02. The van der Waals surface area contributed by atoms with E-state index in [1.54, 1.807) is 0 Å². The Morgan fingerprint density at radius 1 is 0.390 bits per heavy atom.